The smallest absolute Gasteiger partial charge is 0.416 e. The summed E-state index contributed by atoms with van der Waals surface area (Å²) in [7, 11) is 1.50. The SMILES string of the molecule is COc1ccc(NC(=O)/C(C#N)=C/c2cccc(C(F)(F)F)c2)cc1. The molecule has 0 aliphatic rings. The van der Waals surface area contributed by atoms with Crippen LogP contribution in [0.1, 0.15) is 11.1 Å². The van der Waals surface area contributed by atoms with E-state index in [9.17, 15) is 18.0 Å². The van der Waals surface area contributed by atoms with Crippen molar-refractivity contribution in [1.29, 1.82) is 5.26 Å². The van der Waals surface area contributed by atoms with Crippen molar-refractivity contribution < 1.29 is 22.7 Å². The Morgan fingerprint density at radius 1 is 1.20 bits per heavy atom. The largest absolute Gasteiger partial charge is 0.497 e. The third kappa shape index (κ3) is 4.85. The van der Waals surface area contributed by atoms with E-state index in [-0.39, 0.29) is 11.1 Å². The summed E-state index contributed by atoms with van der Waals surface area (Å²) >= 11 is 0. The summed E-state index contributed by atoms with van der Waals surface area (Å²) in [6, 6.07) is 12.5. The summed E-state index contributed by atoms with van der Waals surface area (Å²) in [4.78, 5) is 12.1. The Kier molecular flexibility index (Phi) is 5.45. The van der Waals surface area contributed by atoms with E-state index in [1.54, 1.807) is 30.3 Å². The van der Waals surface area contributed by atoms with Crippen LogP contribution in [-0.4, -0.2) is 13.0 Å². The molecule has 0 atom stereocenters. The average Bonchev–Trinajstić information content (AvgIpc) is 2.59. The van der Waals surface area contributed by atoms with Gasteiger partial charge in [0.1, 0.15) is 17.4 Å². The first-order chi connectivity index (χ1) is 11.8. The van der Waals surface area contributed by atoms with Gasteiger partial charge in [0.15, 0.2) is 0 Å². The van der Waals surface area contributed by atoms with Crippen LogP contribution in [0.25, 0.3) is 6.08 Å². The zero-order valence-electron chi connectivity index (χ0n) is 13.1. The third-order valence-corrected chi connectivity index (χ3v) is 3.24. The van der Waals surface area contributed by atoms with Crippen molar-refractivity contribution >= 4 is 17.7 Å². The molecule has 0 saturated heterocycles. The number of ether oxygens (including phenoxy) is 1. The maximum absolute atomic E-state index is 12.7. The Balaban J connectivity index is 2.22. The molecular weight excluding hydrogens is 333 g/mol. The number of hydrogen-bond donors (Lipinski definition) is 1. The second-order valence-electron chi connectivity index (χ2n) is 4.98. The number of carbonyl (C=O) groups excluding carboxylic acids is 1. The van der Waals surface area contributed by atoms with Crippen molar-refractivity contribution in [3.05, 3.63) is 65.2 Å². The molecule has 0 bridgehead atoms. The summed E-state index contributed by atoms with van der Waals surface area (Å²) in [5.41, 5.74) is -0.628. The molecular formula is C18H13F3N2O2. The minimum atomic E-state index is -4.50. The molecule has 1 N–H and O–H groups in total. The molecule has 7 heteroatoms. The van der Waals surface area contributed by atoms with Gasteiger partial charge in [0, 0.05) is 5.69 Å². The molecule has 2 aromatic carbocycles. The van der Waals surface area contributed by atoms with Crippen molar-refractivity contribution in [2.75, 3.05) is 12.4 Å². The Hall–Kier alpha value is -3.27. The van der Waals surface area contributed by atoms with Gasteiger partial charge in [-0.25, -0.2) is 0 Å². The zero-order chi connectivity index (χ0) is 18.4. The van der Waals surface area contributed by atoms with Gasteiger partial charge in [-0.2, -0.15) is 18.4 Å². The van der Waals surface area contributed by atoms with Gasteiger partial charge in [0.25, 0.3) is 5.91 Å². The first-order valence-electron chi connectivity index (χ1n) is 7.08. The van der Waals surface area contributed by atoms with Crippen LogP contribution in [0.15, 0.2) is 54.1 Å². The van der Waals surface area contributed by atoms with E-state index in [1.165, 1.54) is 19.2 Å². The van der Waals surface area contributed by atoms with Crippen LogP contribution in [0.4, 0.5) is 18.9 Å². The van der Waals surface area contributed by atoms with Gasteiger partial charge < -0.3 is 10.1 Å². The number of benzene rings is 2. The minimum absolute atomic E-state index is 0.108. The Morgan fingerprint density at radius 2 is 1.88 bits per heavy atom. The van der Waals surface area contributed by atoms with Gasteiger partial charge in [-0.05, 0) is 48.0 Å². The molecule has 4 nitrogen and oxygen atoms in total. The van der Waals surface area contributed by atoms with Crippen molar-refractivity contribution in [3.63, 3.8) is 0 Å². The topological polar surface area (TPSA) is 62.1 Å². The zero-order valence-corrected chi connectivity index (χ0v) is 13.1. The number of anilines is 1. The molecule has 0 heterocycles. The minimum Gasteiger partial charge on any atom is -0.497 e. The Labute approximate surface area is 142 Å². The van der Waals surface area contributed by atoms with E-state index >= 15 is 0 Å². The highest BCUT2D eigenvalue weighted by Crippen LogP contribution is 2.30. The lowest BCUT2D eigenvalue weighted by atomic mass is 10.1. The van der Waals surface area contributed by atoms with E-state index in [4.69, 9.17) is 10.00 Å². The highest BCUT2D eigenvalue weighted by molar-refractivity contribution is 6.09. The maximum Gasteiger partial charge on any atom is 0.416 e. The molecule has 0 unspecified atom stereocenters. The monoisotopic (exact) mass is 346 g/mol. The number of nitrogens with one attached hydrogen (secondary N) is 1. The van der Waals surface area contributed by atoms with Crippen molar-refractivity contribution in [3.8, 4) is 11.8 Å². The highest BCUT2D eigenvalue weighted by Gasteiger charge is 2.30. The van der Waals surface area contributed by atoms with E-state index in [0.717, 1.165) is 18.2 Å². The van der Waals surface area contributed by atoms with Crippen molar-refractivity contribution in [2.24, 2.45) is 0 Å². The third-order valence-electron chi connectivity index (χ3n) is 3.24. The second-order valence-corrected chi connectivity index (χ2v) is 4.98. The van der Waals surface area contributed by atoms with E-state index in [0.29, 0.717) is 11.4 Å². The lowest BCUT2D eigenvalue weighted by Gasteiger charge is -2.08. The van der Waals surface area contributed by atoms with E-state index < -0.39 is 17.6 Å². The van der Waals surface area contributed by atoms with Crippen LogP contribution in [0, 0.1) is 11.3 Å². The first-order valence-corrected chi connectivity index (χ1v) is 7.08. The normalized spacial score (nSPS) is 11.6. The predicted octanol–water partition coefficient (Wildman–Crippen LogP) is 4.26. The van der Waals surface area contributed by atoms with Gasteiger partial charge in [-0.15, -0.1) is 0 Å². The van der Waals surface area contributed by atoms with Gasteiger partial charge in [-0.3, -0.25) is 4.79 Å². The summed E-state index contributed by atoms with van der Waals surface area (Å²) < 4.78 is 43.2. The van der Waals surface area contributed by atoms with Crippen LogP contribution in [0.5, 0.6) is 5.75 Å². The van der Waals surface area contributed by atoms with Crippen molar-refractivity contribution in [1.82, 2.24) is 0 Å². The number of rotatable bonds is 4. The number of amides is 1. The molecule has 2 aromatic rings. The number of halogens is 3. The van der Waals surface area contributed by atoms with Gasteiger partial charge in [-0.1, -0.05) is 12.1 Å². The van der Waals surface area contributed by atoms with Crippen molar-refractivity contribution in [2.45, 2.75) is 6.18 Å². The summed E-state index contributed by atoms with van der Waals surface area (Å²) in [6.45, 7) is 0. The molecule has 0 radical (unpaired) electrons. The van der Waals surface area contributed by atoms with Gasteiger partial charge in [0.2, 0.25) is 0 Å². The standard InChI is InChI=1S/C18H13F3N2O2/c1-25-16-7-5-15(6-8-16)23-17(24)13(11-22)9-12-3-2-4-14(10-12)18(19,20)21/h2-10H,1H3,(H,23,24)/b13-9+. The molecule has 0 aliphatic heterocycles. The molecule has 128 valence electrons. The van der Waals surface area contributed by atoms with E-state index in [2.05, 4.69) is 5.32 Å². The number of methoxy groups -OCH3 is 1. The quantitative estimate of drug-likeness (QED) is 0.665. The summed E-state index contributed by atoms with van der Waals surface area (Å²) in [5.74, 6) is -0.122. The fourth-order valence-electron chi connectivity index (χ4n) is 1.99. The van der Waals surface area contributed by atoms with Gasteiger partial charge in [0.05, 0.1) is 12.7 Å². The van der Waals surface area contributed by atoms with Crippen LogP contribution in [0.2, 0.25) is 0 Å². The van der Waals surface area contributed by atoms with Gasteiger partial charge >= 0.3 is 6.18 Å². The number of nitrogens with zero attached hydrogens (tertiary/aromatic N) is 1. The number of alkyl halides is 3. The number of nitriles is 1. The molecule has 2 rings (SSSR count). The molecule has 0 aliphatic carbocycles. The molecule has 25 heavy (non-hydrogen) atoms. The van der Waals surface area contributed by atoms with Crippen LogP contribution in [0.3, 0.4) is 0 Å². The highest BCUT2D eigenvalue weighted by atomic mass is 19.4. The molecule has 0 fully saturated rings. The number of hydrogen-bond acceptors (Lipinski definition) is 3. The fourth-order valence-corrected chi connectivity index (χ4v) is 1.99. The molecule has 0 saturated carbocycles. The maximum atomic E-state index is 12.7. The Morgan fingerprint density at radius 3 is 2.44 bits per heavy atom. The summed E-state index contributed by atoms with van der Waals surface area (Å²) in [5, 5.41) is 11.6. The second kappa shape index (κ2) is 7.53. The molecule has 1 amide bonds. The Bertz CT molecular complexity index is 835. The summed E-state index contributed by atoms with van der Waals surface area (Å²) in [6.07, 6.45) is -3.39. The van der Waals surface area contributed by atoms with Crippen LogP contribution < -0.4 is 10.1 Å². The fraction of sp³-hybridized carbons (Fsp3) is 0.111. The average molecular weight is 346 g/mol. The number of carbonyl (C=O) groups is 1. The molecule has 0 spiro atoms. The first kappa shape index (κ1) is 18.1. The lowest BCUT2D eigenvalue weighted by Crippen LogP contribution is -2.13. The predicted molar refractivity (Wildman–Crippen MR) is 86.7 cm³/mol. The van der Waals surface area contributed by atoms with Crippen LogP contribution in [-0.2, 0) is 11.0 Å². The van der Waals surface area contributed by atoms with Crippen LogP contribution >= 0.6 is 0 Å². The van der Waals surface area contributed by atoms with E-state index in [1.807, 2.05) is 0 Å². The lowest BCUT2D eigenvalue weighted by molar-refractivity contribution is -0.137. The molecule has 0 aromatic heterocycles.